The number of carbonyl (C=O) groups is 1. The molecule has 1 aromatic rings. The van der Waals surface area contributed by atoms with E-state index in [1.807, 2.05) is 6.92 Å². The normalized spacial score (nSPS) is 15.4. The second-order valence-electron chi connectivity index (χ2n) is 4.82. The Morgan fingerprint density at radius 2 is 2.11 bits per heavy atom. The van der Waals surface area contributed by atoms with Crippen LogP contribution in [-0.4, -0.2) is 61.0 Å². The highest BCUT2D eigenvalue weighted by Crippen LogP contribution is 2.14. The summed E-state index contributed by atoms with van der Waals surface area (Å²) in [7, 11) is 3.48. The Kier molecular flexibility index (Phi) is 4.31. The molecule has 1 aliphatic heterocycles. The average Bonchev–Trinajstić information content (AvgIpc) is 2.46. The van der Waals surface area contributed by atoms with Gasteiger partial charge in [-0.3, -0.25) is 4.79 Å². The molecule has 0 saturated carbocycles. The van der Waals surface area contributed by atoms with Crippen molar-refractivity contribution in [3.63, 3.8) is 0 Å². The molecule has 6 nitrogen and oxygen atoms in total. The molecule has 104 valence electrons. The first-order valence-corrected chi connectivity index (χ1v) is 6.66. The van der Waals surface area contributed by atoms with E-state index in [1.165, 1.54) is 0 Å². The summed E-state index contributed by atoms with van der Waals surface area (Å²) in [5.41, 5.74) is 1.42. The Labute approximate surface area is 113 Å². The lowest BCUT2D eigenvalue weighted by Gasteiger charge is -2.27. The molecule has 0 aromatic carbocycles. The van der Waals surface area contributed by atoms with E-state index in [1.54, 1.807) is 25.2 Å². The summed E-state index contributed by atoms with van der Waals surface area (Å²) in [6, 6.07) is 0. The smallest absolute Gasteiger partial charge is 0.256 e. The maximum atomic E-state index is 12.0. The molecular weight excluding hydrogens is 242 g/mol. The fourth-order valence-electron chi connectivity index (χ4n) is 2.11. The number of aryl methyl sites for hydroxylation is 1. The number of amides is 1. The maximum absolute atomic E-state index is 12.0. The first-order chi connectivity index (χ1) is 9.13. The van der Waals surface area contributed by atoms with E-state index in [2.05, 4.69) is 20.2 Å². The molecule has 0 aliphatic carbocycles. The third-order valence-electron chi connectivity index (χ3n) is 3.23. The second kappa shape index (κ2) is 5.97. The number of hydrogen-bond donors (Lipinski definition) is 1. The van der Waals surface area contributed by atoms with Crippen LogP contribution in [0.25, 0.3) is 0 Å². The van der Waals surface area contributed by atoms with E-state index in [0.29, 0.717) is 5.56 Å². The predicted molar refractivity (Wildman–Crippen MR) is 74.5 cm³/mol. The highest BCUT2D eigenvalue weighted by molar-refractivity contribution is 5.94. The van der Waals surface area contributed by atoms with Crippen LogP contribution in [0.3, 0.4) is 0 Å². The van der Waals surface area contributed by atoms with Crippen molar-refractivity contribution >= 4 is 11.9 Å². The van der Waals surface area contributed by atoms with Gasteiger partial charge >= 0.3 is 0 Å². The predicted octanol–water partition coefficient (Wildman–Crippen LogP) is 0.150. The third-order valence-corrected chi connectivity index (χ3v) is 3.23. The number of nitrogens with zero attached hydrogens (tertiary/aromatic N) is 4. The lowest BCUT2D eigenvalue weighted by atomic mass is 10.1. The van der Waals surface area contributed by atoms with Crippen molar-refractivity contribution in [2.75, 3.05) is 45.2 Å². The van der Waals surface area contributed by atoms with Crippen LogP contribution in [0.4, 0.5) is 5.95 Å². The lowest BCUT2D eigenvalue weighted by molar-refractivity contribution is 0.0825. The van der Waals surface area contributed by atoms with Crippen LogP contribution in [0.5, 0.6) is 0 Å². The Morgan fingerprint density at radius 1 is 1.42 bits per heavy atom. The first kappa shape index (κ1) is 13.7. The Bertz CT molecular complexity index is 454. The number of nitrogens with one attached hydrogen (secondary N) is 1. The maximum Gasteiger partial charge on any atom is 0.256 e. The van der Waals surface area contributed by atoms with Gasteiger partial charge < -0.3 is 15.1 Å². The largest absolute Gasteiger partial charge is 0.345 e. The Hall–Kier alpha value is -1.69. The molecule has 0 unspecified atom stereocenters. The molecule has 0 atom stereocenters. The van der Waals surface area contributed by atoms with E-state index >= 15 is 0 Å². The van der Waals surface area contributed by atoms with Crippen molar-refractivity contribution in [3.05, 3.63) is 17.5 Å². The van der Waals surface area contributed by atoms with Crippen molar-refractivity contribution in [3.8, 4) is 0 Å². The van der Waals surface area contributed by atoms with Gasteiger partial charge in [-0.25, -0.2) is 9.97 Å². The highest BCUT2D eigenvalue weighted by atomic mass is 16.2. The first-order valence-electron chi connectivity index (χ1n) is 6.66. The number of piperazine rings is 1. The zero-order valence-electron chi connectivity index (χ0n) is 11.8. The molecule has 2 heterocycles. The van der Waals surface area contributed by atoms with E-state index in [9.17, 15) is 4.79 Å². The molecule has 1 aromatic heterocycles. The van der Waals surface area contributed by atoms with E-state index in [4.69, 9.17) is 0 Å². The quantitative estimate of drug-likeness (QED) is 0.841. The fourth-order valence-corrected chi connectivity index (χ4v) is 2.11. The molecule has 1 N–H and O–H groups in total. The summed E-state index contributed by atoms with van der Waals surface area (Å²) in [4.78, 5) is 24.7. The lowest BCUT2D eigenvalue weighted by Crippen LogP contribution is -2.44. The minimum Gasteiger partial charge on any atom is -0.345 e. The van der Waals surface area contributed by atoms with Crippen LogP contribution >= 0.6 is 0 Å². The van der Waals surface area contributed by atoms with Crippen molar-refractivity contribution in [1.29, 1.82) is 0 Å². The van der Waals surface area contributed by atoms with Crippen LogP contribution < -0.4 is 10.2 Å². The standard InChI is InChI=1S/C13H21N5O/c1-4-11-10(12(19)17(2)3)9-15-13(16-11)18-7-5-14-6-8-18/h9,14H,4-8H2,1-3H3. The zero-order chi connectivity index (χ0) is 13.8. The average molecular weight is 263 g/mol. The molecule has 0 radical (unpaired) electrons. The number of aromatic nitrogens is 2. The SMILES string of the molecule is CCc1nc(N2CCNCC2)ncc1C(=O)N(C)C. The van der Waals surface area contributed by atoms with Crippen molar-refractivity contribution in [2.24, 2.45) is 0 Å². The van der Waals surface area contributed by atoms with Gasteiger partial charge in [-0.2, -0.15) is 0 Å². The minimum atomic E-state index is -0.0382. The summed E-state index contributed by atoms with van der Waals surface area (Å²) >= 11 is 0. The molecule has 1 aliphatic rings. The van der Waals surface area contributed by atoms with E-state index < -0.39 is 0 Å². The van der Waals surface area contributed by atoms with Gasteiger partial charge in [-0.05, 0) is 6.42 Å². The van der Waals surface area contributed by atoms with Gasteiger partial charge in [0.05, 0.1) is 11.3 Å². The van der Waals surface area contributed by atoms with Crippen LogP contribution in [0.15, 0.2) is 6.20 Å². The monoisotopic (exact) mass is 263 g/mol. The van der Waals surface area contributed by atoms with Crippen LogP contribution in [-0.2, 0) is 6.42 Å². The van der Waals surface area contributed by atoms with Gasteiger partial charge in [0.1, 0.15) is 0 Å². The molecule has 1 fully saturated rings. The molecular formula is C13H21N5O. The number of hydrogen-bond acceptors (Lipinski definition) is 5. The van der Waals surface area contributed by atoms with Crippen molar-refractivity contribution in [2.45, 2.75) is 13.3 Å². The molecule has 2 rings (SSSR count). The van der Waals surface area contributed by atoms with Gasteiger partial charge in [0.25, 0.3) is 5.91 Å². The highest BCUT2D eigenvalue weighted by Gasteiger charge is 2.18. The van der Waals surface area contributed by atoms with Gasteiger partial charge in [0.2, 0.25) is 5.95 Å². The summed E-state index contributed by atoms with van der Waals surface area (Å²) in [6.45, 7) is 5.72. The van der Waals surface area contributed by atoms with Gasteiger partial charge in [0.15, 0.2) is 0 Å². The number of carbonyl (C=O) groups excluding carboxylic acids is 1. The zero-order valence-corrected chi connectivity index (χ0v) is 11.8. The third kappa shape index (κ3) is 3.01. The molecule has 0 spiro atoms. The summed E-state index contributed by atoms with van der Waals surface area (Å²) in [5, 5.41) is 3.30. The van der Waals surface area contributed by atoms with Gasteiger partial charge in [-0.1, -0.05) is 6.92 Å². The van der Waals surface area contributed by atoms with Crippen LogP contribution in [0, 0.1) is 0 Å². The van der Waals surface area contributed by atoms with Crippen LogP contribution in [0.1, 0.15) is 23.0 Å². The van der Waals surface area contributed by atoms with Gasteiger partial charge in [0, 0.05) is 46.5 Å². The Balaban J connectivity index is 2.27. The minimum absolute atomic E-state index is 0.0382. The van der Waals surface area contributed by atoms with Crippen LogP contribution in [0.2, 0.25) is 0 Å². The van der Waals surface area contributed by atoms with Gasteiger partial charge in [-0.15, -0.1) is 0 Å². The summed E-state index contributed by atoms with van der Waals surface area (Å²) < 4.78 is 0. The summed E-state index contributed by atoms with van der Waals surface area (Å²) in [6.07, 6.45) is 2.39. The second-order valence-corrected chi connectivity index (χ2v) is 4.82. The number of anilines is 1. The van der Waals surface area contributed by atoms with E-state index in [-0.39, 0.29) is 5.91 Å². The molecule has 1 amide bonds. The molecule has 6 heteroatoms. The topological polar surface area (TPSA) is 61.4 Å². The van der Waals surface area contributed by atoms with Crippen molar-refractivity contribution in [1.82, 2.24) is 20.2 Å². The summed E-state index contributed by atoms with van der Waals surface area (Å²) in [5.74, 6) is 0.692. The molecule has 0 bridgehead atoms. The van der Waals surface area contributed by atoms with Crippen molar-refractivity contribution < 1.29 is 4.79 Å². The number of rotatable bonds is 3. The molecule has 19 heavy (non-hydrogen) atoms. The fraction of sp³-hybridized carbons (Fsp3) is 0.615. The Morgan fingerprint density at radius 3 is 2.68 bits per heavy atom. The molecule has 1 saturated heterocycles. The van der Waals surface area contributed by atoms with E-state index in [0.717, 1.165) is 44.2 Å².